The third-order valence-corrected chi connectivity index (χ3v) is 15.5. The van der Waals surface area contributed by atoms with Gasteiger partial charge in [-0.05, 0) is 121 Å². The Kier molecular flexibility index (Phi) is 7.14. The third-order valence-electron chi connectivity index (χ3n) is 15.5. The lowest BCUT2D eigenvalue weighted by Crippen LogP contribution is -2.65. The van der Waals surface area contributed by atoms with Gasteiger partial charge in [0, 0.05) is 32.6 Å². The summed E-state index contributed by atoms with van der Waals surface area (Å²) in [6, 6.07) is 0. The lowest BCUT2D eigenvalue weighted by atomic mass is 9.32. The lowest BCUT2D eigenvalue weighted by Gasteiger charge is -2.72. The quantitative estimate of drug-likeness (QED) is 0.356. The number of allylic oxidation sites excluding steroid dienone is 2. The maximum absolute atomic E-state index is 14.5. The molecule has 0 N–H and O–H groups in total. The Labute approximate surface area is 251 Å². The van der Waals surface area contributed by atoms with Crippen molar-refractivity contribution in [1.82, 2.24) is 9.80 Å². The molecule has 1 saturated heterocycles. The smallest absolute Gasteiger partial charge is 0.160 e. The molecule has 0 aromatic carbocycles. The standard InChI is InChI=1S/C37H60N2O2/c1-24(2)31-27(40)22-37(30(41)23-39-20-18-38(9)19-21-39)17-16-35(7)26(32(31)37)10-11-29-34(6)14-12-25(3)33(4,5)28(34)13-15-36(29,35)8/h24-26,28-29H,10-23H2,1-9H3/t25-,26+,28-,29+,34-,35+,36+,37-/m0/s1. The van der Waals surface area contributed by atoms with Crippen molar-refractivity contribution in [2.45, 2.75) is 113 Å². The fourth-order valence-electron chi connectivity index (χ4n) is 12.5. The molecule has 8 atom stereocenters. The molecule has 41 heavy (non-hydrogen) atoms. The van der Waals surface area contributed by atoms with Crippen molar-refractivity contribution in [3.8, 4) is 0 Å². The Morgan fingerprint density at radius 1 is 0.854 bits per heavy atom. The van der Waals surface area contributed by atoms with Crippen molar-refractivity contribution in [2.24, 2.45) is 56.7 Å². The van der Waals surface area contributed by atoms with Crippen molar-refractivity contribution in [3.05, 3.63) is 11.1 Å². The zero-order chi connectivity index (χ0) is 29.8. The molecule has 230 valence electrons. The van der Waals surface area contributed by atoms with Crippen LogP contribution in [0.5, 0.6) is 0 Å². The van der Waals surface area contributed by atoms with Gasteiger partial charge in [-0.3, -0.25) is 14.5 Å². The van der Waals surface area contributed by atoms with Crippen LogP contribution in [-0.4, -0.2) is 61.1 Å². The molecule has 0 spiro atoms. The first kappa shape index (κ1) is 30.0. The summed E-state index contributed by atoms with van der Waals surface area (Å²) < 4.78 is 0. The number of rotatable bonds is 4. The van der Waals surface area contributed by atoms with Gasteiger partial charge >= 0.3 is 0 Å². The SMILES string of the molecule is CC(C)C1=C2[C@H]3CC[C@@H]4[C@@]5(C)CC[C@H](C)C(C)(C)[C@@H]5CC[C@@]4(C)[C@]3(C)CC[C@@]2(C(=O)CN2CCN(C)CC2)CC1=O. The van der Waals surface area contributed by atoms with Crippen LogP contribution >= 0.6 is 0 Å². The maximum Gasteiger partial charge on any atom is 0.160 e. The number of carbonyl (C=O) groups is 2. The summed E-state index contributed by atoms with van der Waals surface area (Å²) in [5, 5.41) is 0. The molecule has 6 rings (SSSR count). The van der Waals surface area contributed by atoms with Gasteiger partial charge in [0.05, 0.1) is 12.0 Å². The molecule has 0 aromatic heterocycles. The Morgan fingerprint density at radius 3 is 2.20 bits per heavy atom. The number of carbonyl (C=O) groups excluding carboxylic acids is 2. The van der Waals surface area contributed by atoms with Crippen LogP contribution in [0, 0.1) is 56.7 Å². The van der Waals surface area contributed by atoms with Crippen molar-refractivity contribution < 1.29 is 9.59 Å². The Morgan fingerprint density at radius 2 is 1.54 bits per heavy atom. The van der Waals surface area contributed by atoms with E-state index in [1.165, 1.54) is 37.7 Å². The molecule has 0 unspecified atom stereocenters. The monoisotopic (exact) mass is 564 g/mol. The van der Waals surface area contributed by atoms with Gasteiger partial charge in [0.2, 0.25) is 0 Å². The van der Waals surface area contributed by atoms with E-state index >= 15 is 0 Å². The summed E-state index contributed by atoms with van der Waals surface area (Å²) >= 11 is 0. The molecule has 0 radical (unpaired) electrons. The van der Waals surface area contributed by atoms with Crippen LogP contribution in [0.15, 0.2) is 11.1 Å². The minimum Gasteiger partial charge on any atom is -0.304 e. The number of Topliss-reactive ketones (excluding diaryl/α,β-unsaturated/α-hetero) is 2. The highest BCUT2D eigenvalue weighted by Crippen LogP contribution is 2.77. The van der Waals surface area contributed by atoms with Crippen LogP contribution < -0.4 is 0 Å². The van der Waals surface area contributed by atoms with Gasteiger partial charge in [-0.1, -0.05) is 55.4 Å². The average molecular weight is 565 g/mol. The van der Waals surface area contributed by atoms with Gasteiger partial charge < -0.3 is 4.90 Å². The largest absolute Gasteiger partial charge is 0.304 e. The summed E-state index contributed by atoms with van der Waals surface area (Å²) in [4.78, 5) is 33.1. The topological polar surface area (TPSA) is 40.6 Å². The summed E-state index contributed by atoms with van der Waals surface area (Å²) in [6.07, 6.45) is 10.2. The molecule has 4 saturated carbocycles. The van der Waals surface area contributed by atoms with Gasteiger partial charge in [0.25, 0.3) is 0 Å². The van der Waals surface area contributed by atoms with Crippen molar-refractivity contribution >= 4 is 11.6 Å². The average Bonchev–Trinajstić information content (AvgIpc) is 3.21. The first-order valence-electron chi connectivity index (χ1n) is 17.3. The molecule has 4 nitrogen and oxygen atoms in total. The summed E-state index contributed by atoms with van der Waals surface area (Å²) in [7, 11) is 2.17. The number of likely N-dealkylation sites (N-methyl/N-ethyl adjacent to an activating group) is 1. The van der Waals surface area contributed by atoms with E-state index in [0.29, 0.717) is 35.5 Å². The van der Waals surface area contributed by atoms with Crippen molar-refractivity contribution in [3.63, 3.8) is 0 Å². The fourth-order valence-corrected chi connectivity index (χ4v) is 12.5. The molecule has 0 amide bonds. The second-order valence-electron chi connectivity index (χ2n) is 17.5. The van der Waals surface area contributed by atoms with Crippen molar-refractivity contribution in [2.75, 3.05) is 39.8 Å². The molecule has 0 aromatic rings. The van der Waals surface area contributed by atoms with Gasteiger partial charge in [0.15, 0.2) is 11.6 Å². The molecular formula is C37H60N2O2. The Hall–Kier alpha value is -1.00. The molecular weight excluding hydrogens is 504 g/mol. The molecule has 5 aliphatic carbocycles. The summed E-state index contributed by atoms with van der Waals surface area (Å²) in [5.41, 5.74) is 3.05. The van der Waals surface area contributed by atoms with E-state index in [1.807, 2.05) is 0 Å². The summed E-state index contributed by atoms with van der Waals surface area (Å²) in [6.45, 7) is 24.5. The third kappa shape index (κ3) is 4.04. The second-order valence-corrected chi connectivity index (χ2v) is 17.5. The number of nitrogens with zero attached hydrogens (tertiary/aromatic N) is 2. The van der Waals surface area contributed by atoms with Crippen LogP contribution in [0.25, 0.3) is 0 Å². The van der Waals surface area contributed by atoms with E-state index < -0.39 is 5.41 Å². The Balaban J connectivity index is 1.38. The molecule has 6 aliphatic rings. The van der Waals surface area contributed by atoms with Gasteiger partial charge in [0.1, 0.15) is 0 Å². The molecule has 0 bridgehead atoms. The normalized spacial score (nSPS) is 46.6. The zero-order valence-corrected chi connectivity index (χ0v) is 28.0. The molecule has 1 heterocycles. The van der Waals surface area contributed by atoms with Gasteiger partial charge in [-0.15, -0.1) is 0 Å². The van der Waals surface area contributed by atoms with Crippen LogP contribution in [-0.2, 0) is 9.59 Å². The van der Waals surface area contributed by atoms with E-state index in [-0.39, 0.29) is 22.5 Å². The highest BCUT2D eigenvalue weighted by Gasteiger charge is 2.70. The lowest BCUT2D eigenvalue weighted by molar-refractivity contribution is -0.219. The second kappa shape index (κ2) is 9.75. The Bertz CT molecular complexity index is 1130. The molecule has 5 fully saturated rings. The number of hydrogen-bond acceptors (Lipinski definition) is 4. The number of ketones is 2. The number of hydrogen-bond donors (Lipinski definition) is 0. The van der Waals surface area contributed by atoms with Gasteiger partial charge in [-0.25, -0.2) is 0 Å². The van der Waals surface area contributed by atoms with Crippen molar-refractivity contribution in [1.29, 1.82) is 0 Å². The predicted molar refractivity (Wildman–Crippen MR) is 168 cm³/mol. The van der Waals surface area contributed by atoms with E-state index in [4.69, 9.17) is 0 Å². The first-order valence-corrected chi connectivity index (χ1v) is 17.3. The maximum atomic E-state index is 14.5. The van der Waals surface area contributed by atoms with Crippen LogP contribution in [0.3, 0.4) is 0 Å². The minimum absolute atomic E-state index is 0.148. The van der Waals surface area contributed by atoms with E-state index in [1.54, 1.807) is 0 Å². The van der Waals surface area contributed by atoms with E-state index in [2.05, 4.69) is 72.2 Å². The highest BCUT2D eigenvalue weighted by atomic mass is 16.1. The van der Waals surface area contributed by atoms with Crippen LogP contribution in [0.1, 0.15) is 113 Å². The minimum atomic E-state index is -0.545. The van der Waals surface area contributed by atoms with E-state index in [0.717, 1.165) is 68.8 Å². The molecule has 1 aliphatic heterocycles. The van der Waals surface area contributed by atoms with Crippen LogP contribution in [0.4, 0.5) is 0 Å². The molecule has 4 heteroatoms. The van der Waals surface area contributed by atoms with Crippen LogP contribution in [0.2, 0.25) is 0 Å². The highest BCUT2D eigenvalue weighted by molar-refractivity contribution is 6.07. The van der Waals surface area contributed by atoms with E-state index in [9.17, 15) is 9.59 Å². The number of piperazine rings is 1. The summed E-state index contributed by atoms with van der Waals surface area (Å²) in [5.74, 6) is 3.53. The predicted octanol–water partition coefficient (Wildman–Crippen LogP) is 7.42. The zero-order valence-electron chi connectivity index (χ0n) is 28.0. The fraction of sp³-hybridized carbons (Fsp3) is 0.892. The number of fused-ring (bicyclic) bond motifs is 7. The first-order chi connectivity index (χ1) is 19.1. The van der Waals surface area contributed by atoms with Gasteiger partial charge in [-0.2, -0.15) is 0 Å².